The van der Waals surface area contributed by atoms with E-state index in [1.54, 1.807) is 0 Å². The first kappa shape index (κ1) is 9.92. The summed E-state index contributed by atoms with van der Waals surface area (Å²) in [5.74, 6) is 0. The molecule has 4 heteroatoms. The number of nitrogens with one attached hydrogen (secondary N) is 2. The number of carbonyl (C=O) groups is 1. The van der Waals surface area contributed by atoms with Crippen LogP contribution in [0.15, 0.2) is 30.3 Å². The third-order valence-electron chi connectivity index (χ3n) is 1.64. The van der Waals surface area contributed by atoms with Gasteiger partial charge < -0.3 is 5.32 Å². The maximum absolute atomic E-state index is 10.7. The highest BCUT2D eigenvalue weighted by atomic mass is 32.1. The normalized spacial score (nSPS) is 9.31. The van der Waals surface area contributed by atoms with Gasteiger partial charge in [0.15, 0.2) is 0 Å². The second kappa shape index (κ2) is 5.48. The van der Waals surface area contributed by atoms with Gasteiger partial charge in [-0.2, -0.15) is 0 Å². The van der Waals surface area contributed by atoms with E-state index in [1.807, 2.05) is 30.3 Å². The first-order chi connectivity index (χ1) is 6.33. The molecule has 0 radical (unpaired) electrons. The molecule has 2 N–H and O–H groups in total. The summed E-state index contributed by atoms with van der Waals surface area (Å²) in [6, 6.07) is 9.72. The van der Waals surface area contributed by atoms with Crippen molar-refractivity contribution in [1.29, 1.82) is 0 Å². The highest BCUT2D eigenvalue weighted by Gasteiger charge is 1.95. The predicted octanol–water partition coefficient (Wildman–Crippen LogP) is 1.37. The summed E-state index contributed by atoms with van der Waals surface area (Å²) in [4.78, 5) is 10.7. The number of amides is 2. The molecule has 2 amide bonds. The average Bonchev–Trinajstić information content (AvgIpc) is 2.19. The summed E-state index contributed by atoms with van der Waals surface area (Å²) >= 11 is 3.61. The lowest BCUT2D eigenvalue weighted by molar-refractivity contribution is 0.247. The topological polar surface area (TPSA) is 41.1 Å². The van der Waals surface area contributed by atoms with Crippen molar-refractivity contribution in [3.63, 3.8) is 0 Å². The molecule has 0 aliphatic rings. The van der Waals surface area contributed by atoms with E-state index in [2.05, 4.69) is 22.9 Å². The van der Waals surface area contributed by atoms with Crippen LogP contribution in [-0.2, 0) is 6.42 Å². The van der Waals surface area contributed by atoms with Gasteiger partial charge in [0.1, 0.15) is 0 Å². The van der Waals surface area contributed by atoms with Crippen LogP contribution in [-0.4, -0.2) is 12.6 Å². The fourth-order valence-electron chi connectivity index (χ4n) is 1.00. The van der Waals surface area contributed by atoms with Crippen molar-refractivity contribution >= 4 is 18.8 Å². The van der Waals surface area contributed by atoms with Crippen molar-refractivity contribution in [1.82, 2.24) is 10.0 Å². The maximum Gasteiger partial charge on any atom is 0.324 e. The zero-order valence-corrected chi connectivity index (χ0v) is 8.05. The van der Waals surface area contributed by atoms with E-state index in [9.17, 15) is 4.79 Å². The monoisotopic (exact) mass is 196 g/mol. The van der Waals surface area contributed by atoms with Crippen molar-refractivity contribution < 1.29 is 4.79 Å². The molecule has 0 saturated carbocycles. The smallest absolute Gasteiger partial charge is 0.324 e. The Morgan fingerprint density at radius 3 is 2.62 bits per heavy atom. The molecule has 1 aromatic carbocycles. The van der Waals surface area contributed by atoms with Crippen LogP contribution in [0, 0.1) is 0 Å². The van der Waals surface area contributed by atoms with E-state index in [1.165, 1.54) is 5.56 Å². The molecule has 0 spiro atoms. The molecule has 0 unspecified atom stereocenters. The molecule has 0 heterocycles. The Morgan fingerprint density at radius 2 is 2.00 bits per heavy atom. The molecule has 0 aliphatic carbocycles. The number of benzene rings is 1. The van der Waals surface area contributed by atoms with E-state index in [4.69, 9.17) is 0 Å². The predicted molar refractivity (Wildman–Crippen MR) is 55.7 cm³/mol. The Balaban J connectivity index is 2.24. The molecular formula is C9H12N2OS. The number of rotatable bonds is 3. The second-order valence-corrected chi connectivity index (χ2v) is 2.83. The number of thiol groups is 1. The molecule has 0 aliphatic heterocycles. The standard InChI is InChI=1S/C9H12N2OS/c12-9(11-13)10-7-6-8-4-2-1-3-5-8/h1-5,13H,6-7H2,(H2,10,11,12). The Bertz CT molecular complexity index is 264. The lowest BCUT2D eigenvalue weighted by Crippen LogP contribution is -2.31. The van der Waals surface area contributed by atoms with Crippen molar-refractivity contribution in [3.8, 4) is 0 Å². The fraction of sp³-hybridized carbons (Fsp3) is 0.222. The van der Waals surface area contributed by atoms with Crippen LogP contribution in [0.5, 0.6) is 0 Å². The summed E-state index contributed by atoms with van der Waals surface area (Å²) in [5.41, 5.74) is 1.21. The van der Waals surface area contributed by atoms with Gasteiger partial charge in [0.25, 0.3) is 0 Å². The van der Waals surface area contributed by atoms with Gasteiger partial charge in [0, 0.05) is 6.54 Å². The van der Waals surface area contributed by atoms with Gasteiger partial charge >= 0.3 is 6.03 Å². The minimum Gasteiger partial charge on any atom is -0.337 e. The summed E-state index contributed by atoms with van der Waals surface area (Å²) in [6.07, 6.45) is 0.835. The first-order valence-corrected chi connectivity index (χ1v) is 4.49. The number of urea groups is 1. The molecule has 0 atom stereocenters. The Labute approximate surface area is 83.1 Å². The zero-order chi connectivity index (χ0) is 9.52. The lowest BCUT2D eigenvalue weighted by Gasteiger charge is -2.03. The number of hydrogen-bond donors (Lipinski definition) is 3. The first-order valence-electron chi connectivity index (χ1n) is 4.05. The number of hydrogen-bond acceptors (Lipinski definition) is 2. The van der Waals surface area contributed by atoms with Crippen molar-refractivity contribution in [3.05, 3.63) is 35.9 Å². The van der Waals surface area contributed by atoms with Gasteiger partial charge in [0.2, 0.25) is 0 Å². The Hall–Kier alpha value is -1.16. The largest absolute Gasteiger partial charge is 0.337 e. The lowest BCUT2D eigenvalue weighted by atomic mass is 10.1. The average molecular weight is 196 g/mol. The molecule has 0 bridgehead atoms. The second-order valence-electron chi connectivity index (χ2n) is 2.60. The number of carbonyl (C=O) groups excluding carboxylic acids is 1. The van der Waals surface area contributed by atoms with E-state index in [0.717, 1.165) is 6.42 Å². The van der Waals surface area contributed by atoms with Crippen LogP contribution in [0.3, 0.4) is 0 Å². The SMILES string of the molecule is O=C(NS)NCCc1ccccc1. The third kappa shape index (κ3) is 3.85. The van der Waals surface area contributed by atoms with Gasteiger partial charge in [-0.1, -0.05) is 43.1 Å². The van der Waals surface area contributed by atoms with Crippen LogP contribution in [0.2, 0.25) is 0 Å². The molecule has 1 aromatic rings. The molecule has 70 valence electrons. The molecule has 0 saturated heterocycles. The van der Waals surface area contributed by atoms with Crippen LogP contribution in [0.25, 0.3) is 0 Å². The van der Waals surface area contributed by atoms with Gasteiger partial charge in [-0.15, -0.1) is 0 Å². The Morgan fingerprint density at radius 1 is 1.31 bits per heavy atom. The van der Waals surface area contributed by atoms with E-state index in [0.29, 0.717) is 6.54 Å². The Kier molecular flexibility index (Phi) is 4.18. The summed E-state index contributed by atoms with van der Waals surface area (Å²) in [7, 11) is 0. The van der Waals surface area contributed by atoms with Crippen LogP contribution < -0.4 is 10.0 Å². The van der Waals surface area contributed by atoms with Gasteiger partial charge in [-0.05, 0) is 12.0 Å². The third-order valence-corrected chi connectivity index (χ3v) is 1.85. The summed E-state index contributed by atoms with van der Waals surface area (Å²) < 4.78 is 2.20. The highest BCUT2D eigenvalue weighted by Crippen LogP contribution is 1.97. The van der Waals surface area contributed by atoms with Gasteiger partial charge in [-0.25, -0.2) is 4.79 Å². The van der Waals surface area contributed by atoms with Crippen molar-refractivity contribution in [2.24, 2.45) is 0 Å². The van der Waals surface area contributed by atoms with Crippen LogP contribution >= 0.6 is 12.8 Å². The van der Waals surface area contributed by atoms with E-state index >= 15 is 0 Å². The molecular weight excluding hydrogens is 184 g/mol. The molecule has 1 rings (SSSR count). The zero-order valence-electron chi connectivity index (χ0n) is 7.16. The van der Waals surface area contributed by atoms with E-state index < -0.39 is 0 Å². The van der Waals surface area contributed by atoms with E-state index in [-0.39, 0.29) is 6.03 Å². The summed E-state index contributed by atoms with van der Waals surface area (Å²) in [5, 5.41) is 2.65. The maximum atomic E-state index is 10.7. The molecule has 13 heavy (non-hydrogen) atoms. The molecule has 0 aromatic heterocycles. The summed E-state index contributed by atoms with van der Waals surface area (Å²) in [6.45, 7) is 0.621. The van der Waals surface area contributed by atoms with Crippen molar-refractivity contribution in [2.75, 3.05) is 6.54 Å². The fourth-order valence-corrected chi connectivity index (χ4v) is 1.08. The van der Waals surface area contributed by atoms with Crippen LogP contribution in [0.1, 0.15) is 5.56 Å². The minimum absolute atomic E-state index is 0.265. The van der Waals surface area contributed by atoms with Gasteiger partial charge in [-0.3, -0.25) is 4.72 Å². The molecule has 0 fully saturated rings. The molecule has 3 nitrogen and oxygen atoms in total. The van der Waals surface area contributed by atoms with Crippen LogP contribution in [0.4, 0.5) is 4.79 Å². The van der Waals surface area contributed by atoms with Crippen molar-refractivity contribution in [2.45, 2.75) is 6.42 Å². The van der Waals surface area contributed by atoms with Gasteiger partial charge in [0.05, 0.1) is 0 Å². The minimum atomic E-state index is -0.265. The quantitative estimate of drug-likeness (QED) is 0.628. The highest BCUT2D eigenvalue weighted by molar-refractivity contribution is 7.78.